The molecule has 0 aliphatic rings. The first-order valence-corrected chi connectivity index (χ1v) is 7.10. The summed E-state index contributed by atoms with van der Waals surface area (Å²) in [5.74, 6) is 0. The number of aliphatic imine (C=N–C) groups is 1. The number of aromatic nitrogens is 1. The molecule has 0 saturated heterocycles. The standard InChI is InChI=1S/C18H22N2/c1-5-14-9-8-11-16(18(2,3)4)17(14)20-13-15-10-6-7-12-19-15/h6-13H,5H2,1-4H3. The number of hydrogen-bond donors (Lipinski definition) is 0. The van der Waals surface area contributed by atoms with E-state index in [4.69, 9.17) is 4.99 Å². The number of rotatable bonds is 3. The molecule has 0 saturated carbocycles. The first-order chi connectivity index (χ1) is 9.52. The van der Waals surface area contributed by atoms with Crippen molar-refractivity contribution in [1.82, 2.24) is 4.98 Å². The van der Waals surface area contributed by atoms with Crippen LogP contribution in [0.1, 0.15) is 44.5 Å². The van der Waals surface area contributed by atoms with E-state index in [2.05, 4.69) is 50.9 Å². The number of hydrogen-bond acceptors (Lipinski definition) is 2. The van der Waals surface area contributed by atoms with Crippen LogP contribution in [0.15, 0.2) is 47.6 Å². The minimum Gasteiger partial charge on any atom is -0.255 e. The molecule has 104 valence electrons. The number of pyridine rings is 1. The Morgan fingerprint density at radius 2 is 1.90 bits per heavy atom. The van der Waals surface area contributed by atoms with Crippen molar-refractivity contribution >= 4 is 11.9 Å². The van der Waals surface area contributed by atoms with Crippen LogP contribution in [0.3, 0.4) is 0 Å². The van der Waals surface area contributed by atoms with Crippen LogP contribution in [0.5, 0.6) is 0 Å². The van der Waals surface area contributed by atoms with Gasteiger partial charge in [-0.15, -0.1) is 0 Å². The molecule has 0 bridgehead atoms. The molecule has 0 fully saturated rings. The van der Waals surface area contributed by atoms with Gasteiger partial charge in [0, 0.05) is 6.20 Å². The highest BCUT2D eigenvalue weighted by molar-refractivity contribution is 5.80. The van der Waals surface area contributed by atoms with Crippen LogP contribution in [-0.2, 0) is 11.8 Å². The van der Waals surface area contributed by atoms with E-state index in [-0.39, 0.29) is 5.41 Å². The fourth-order valence-corrected chi connectivity index (χ4v) is 2.22. The molecular formula is C18H22N2. The van der Waals surface area contributed by atoms with E-state index in [9.17, 15) is 0 Å². The highest BCUT2D eigenvalue weighted by atomic mass is 14.8. The number of benzene rings is 1. The van der Waals surface area contributed by atoms with Crippen LogP contribution >= 0.6 is 0 Å². The van der Waals surface area contributed by atoms with E-state index >= 15 is 0 Å². The predicted molar refractivity (Wildman–Crippen MR) is 86.0 cm³/mol. The van der Waals surface area contributed by atoms with Crippen LogP contribution in [0, 0.1) is 0 Å². The van der Waals surface area contributed by atoms with Gasteiger partial charge in [0.15, 0.2) is 0 Å². The first kappa shape index (κ1) is 14.4. The fraction of sp³-hybridized carbons (Fsp3) is 0.333. The minimum atomic E-state index is 0.0853. The molecule has 0 aliphatic heterocycles. The lowest BCUT2D eigenvalue weighted by atomic mass is 9.84. The minimum absolute atomic E-state index is 0.0853. The van der Waals surface area contributed by atoms with Gasteiger partial charge >= 0.3 is 0 Å². The smallest absolute Gasteiger partial charge is 0.0812 e. The van der Waals surface area contributed by atoms with E-state index in [1.807, 2.05) is 24.4 Å². The van der Waals surface area contributed by atoms with Crippen molar-refractivity contribution in [3.8, 4) is 0 Å². The van der Waals surface area contributed by atoms with Crippen molar-refractivity contribution in [3.05, 3.63) is 59.4 Å². The summed E-state index contributed by atoms with van der Waals surface area (Å²) >= 11 is 0. The molecular weight excluding hydrogens is 244 g/mol. The summed E-state index contributed by atoms with van der Waals surface area (Å²) in [5.41, 5.74) is 4.63. The lowest BCUT2D eigenvalue weighted by Crippen LogP contribution is -2.12. The van der Waals surface area contributed by atoms with Crippen LogP contribution < -0.4 is 0 Å². The van der Waals surface area contributed by atoms with Crippen molar-refractivity contribution in [2.75, 3.05) is 0 Å². The largest absolute Gasteiger partial charge is 0.255 e. The van der Waals surface area contributed by atoms with Crippen molar-refractivity contribution in [2.45, 2.75) is 39.5 Å². The van der Waals surface area contributed by atoms with Crippen LogP contribution in [-0.4, -0.2) is 11.2 Å². The van der Waals surface area contributed by atoms with Gasteiger partial charge in [0.05, 0.1) is 17.6 Å². The Bertz CT molecular complexity index is 593. The lowest BCUT2D eigenvalue weighted by molar-refractivity contribution is 0.590. The van der Waals surface area contributed by atoms with Gasteiger partial charge in [-0.1, -0.05) is 52.0 Å². The van der Waals surface area contributed by atoms with E-state index in [1.54, 1.807) is 6.20 Å². The maximum atomic E-state index is 4.73. The molecule has 2 nitrogen and oxygen atoms in total. The van der Waals surface area contributed by atoms with Gasteiger partial charge in [0.1, 0.15) is 0 Å². The average Bonchev–Trinajstić information content (AvgIpc) is 2.44. The van der Waals surface area contributed by atoms with Gasteiger partial charge in [-0.25, -0.2) is 0 Å². The third-order valence-corrected chi connectivity index (χ3v) is 3.32. The van der Waals surface area contributed by atoms with Gasteiger partial charge in [-0.2, -0.15) is 0 Å². The van der Waals surface area contributed by atoms with Gasteiger partial charge < -0.3 is 0 Å². The highest BCUT2D eigenvalue weighted by Gasteiger charge is 2.19. The molecule has 20 heavy (non-hydrogen) atoms. The number of aryl methyl sites for hydroxylation is 1. The predicted octanol–water partition coefficient (Wildman–Crippen LogP) is 4.69. The third-order valence-electron chi connectivity index (χ3n) is 3.32. The van der Waals surface area contributed by atoms with E-state index in [1.165, 1.54) is 11.1 Å². The van der Waals surface area contributed by atoms with E-state index in [0.29, 0.717) is 0 Å². The van der Waals surface area contributed by atoms with Gasteiger partial charge in [-0.3, -0.25) is 9.98 Å². The maximum Gasteiger partial charge on any atom is 0.0812 e. The second kappa shape index (κ2) is 6.00. The topological polar surface area (TPSA) is 25.2 Å². The number of para-hydroxylation sites is 1. The van der Waals surface area contributed by atoms with E-state index in [0.717, 1.165) is 17.8 Å². The quantitative estimate of drug-likeness (QED) is 0.740. The van der Waals surface area contributed by atoms with Gasteiger partial charge in [-0.05, 0) is 35.1 Å². The monoisotopic (exact) mass is 266 g/mol. The Labute approximate surface area is 121 Å². The SMILES string of the molecule is CCc1cccc(C(C)(C)C)c1N=Cc1ccccn1. The molecule has 2 rings (SSSR count). The fourth-order valence-electron chi connectivity index (χ4n) is 2.22. The summed E-state index contributed by atoms with van der Waals surface area (Å²) in [6.45, 7) is 8.84. The molecule has 1 heterocycles. The van der Waals surface area contributed by atoms with Crippen LogP contribution in [0.2, 0.25) is 0 Å². The Hall–Kier alpha value is -1.96. The average molecular weight is 266 g/mol. The Kier molecular flexibility index (Phi) is 4.33. The molecule has 1 aromatic carbocycles. The molecule has 0 amide bonds. The summed E-state index contributed by atoms with van der Waals surface area (Å²) in [7, 11) is 0. The molecule has 0 spiro atoms. The van der Waals surface area contributed by atoms with Crippen molar-refractivity contribution in [2.24, 2.45) is 4.99 Å². The first-order valence-electron chi connectivity index (χ1n) is 7.10. The van der Waals surface area contributed by atoms with Gasteiger partial charge in [0.2, 0.25) is 0 Å². The Balaban J connectivity index is 2.47. The molecule has 0 aliphatic carbocycles. The molecule has 0 radical (unpaired) electrons. The lowest BCUT2D eigenvalue weighted by Gasteiger charge is -2.22. The van der Waals surface area contributed by atoms with Crippen molar-refractivity contribution in [3.63, 3.8) is 0 Å². The maximum absolute atomic E-state index is 4.73. The third kappa shape index (κ3) is 3.32. The molecule has 0 unspecified atom stereocenters. The molecule has 2 heteroatoms. The second-order valence-electron chi connectivity index (χ2n) is 5.93. The van der Waals surface area contributed by atoms with Crippen molar-refractivity contribution < 1.29 is 0 Å². The summed E-state index contributed by atoms with van der Waals surface area (Å²) in [6.07, 6.45) is 4.63. The normalized spacial score (nSPS) is 12.0. The zero-order valence-corrected chi connectivity index (χ0v) is 12.7. The zero-order valence-electron chi connectivity index (χ0n) is 12.7. The second-order valence-corrected chi connectivity index (χ2v) is 5.93. The summed E-state index contributed by atoms with van der Waals surface area (Å²) in [5, 5.41) is 0. The molecule has 1 aromatic heterocycles. The number of nitrogens with zero attached hydrogens (tertiary/aromatic N) is 2. The van der Waals surface area contributed by atoms with Crippen molar-refractivity contribution in [1.29, 1.82) is 0 Å². The summed E-state index contributed by atoms with van der Waals surface area (Å²) < 4.78 is 0. The van der Waals surface area contributed by atoms with Crippen LogP contribution in [0.25, 0.3) is 0 Å². The summed E-state index contributed by atoms with van der Waals surface area (Å²) in [4.78, 5) is 9.02. The summed E-state index contributed by atoms with van der Waals surface area (Å²) in [6, 6.07) is 12.3. The van der Waals surface area contributed by atoms with Crippen LogP contribution in [0.4, 0.5) is 5.69 Å². The highest BCUT2D eigenvalue weighted by Crippen LogP contribution is 2.34. The molecule has 2 aromatic rings. The van der Waals surface area contributed by atoms with E-state index < -0.39 is 0 Å². The Morgan fingerprint density at radius 3 is 2.50 bits per heavy atom. The Morgan fingerprint density at radius 1 is 1.10 bits per heavy atom. The zero-order chi connectivity index (χ0) is 14.6. The molecule has 0 atom stereocenters. The molecule has 0 N–H and O–H groups in total. The van der Waals surface area contributed by atoms with Gasteiger partial charge in [0.25, 0.3) is 0 Å².